The molecular formula is C34H48N2O4S. The van der Waals surface area contributed by atoms with Gasteiger partial charge >= 0.3 is 0 Å². The molecule has 4 atom stereocenters. The molecule has 5 rings (SSSR count). The molecule has 0 radical (unpaired) electrons. The van der Waals surface area contributed by atoms with E-state index < -0.39 is 15.6 Å². The number of fused-ring (bicyclic) bond motifs is 1. The fourth-order valence-electron chi connectivity index (χ4n) is 7.36. The van der Waals surface area contributed by atoms with E-state index in [1.165, 1.54) is 5.56 Å². The third-order valence-electron chi connectivity index (χ3n) is 10.0. The Hall–Kier alpha value is -2.22. The van der Waals surface area contributed by atoms with Crippen molar-refractivity contribution in [3.05, 3.63) is 64.7 Å². The highest BCUT2D eigenvalue weighted by molar-refractivity contribution is 7.89. The number of carbonyl (C=O) groups excluding carboxylic acids is 1. The van der Waals surface area contributed by atoms with Crippen molar-refractivity contribution >= 4 is 15.9 Å². The first-order valence-electron chi connectivity index (χ1n) is 15.6. The van der Waals surface area contributed by atoms with E-state index >= 15 is 0 Å². The van der Waals surface area contributed by atoms with Gasteiger partial charge in [-0.3, -0.25) is 4.79 Å². The topological polar surface area (TPSA) is 86.7 Å². The zero-order valence-corrected chi connectivity index (χ0v) is 26.4. The summed E-state index contributed by atoms with van der Waals surface area (Å²) in [5, 5.41) is 14.8. The molecule has 3 aliphatic rings. The monoisotopic (exact) mass is 580 g/mol. The lowest BCUT2D eigenvalue weighted by Gasteiger charge is -2.33. The number of nitrogens with zero attached hydrogens (tertiary/aromatic N) is 1. The Kier molecular flexibility index (Phi) is 8.45. The predicted octanol–water partition coefficient (Wildman–Crippen LogP) is 6.12. The fourth-order valence-corrected chi connectivity index (χ4v) is 9.54. The third kappa shape index (κ3) is 5.50. The van der Waals surface area contributed by atoms with Gasteiger partial charge in [0.25, 0.3) is 5.91 Å². The molecular weight excluding hydrogens is 532 g/mol. The van der Waals surface area contributed by atoms with Gasteiger partial charge in [-0.2, -0.15) is 4.31 Å². The number of nitrogens with one attached hydrogen (secondary N) is 1. The maximum Gasteiger partial charge on any atom is 0.256 e. The van der Waals surface area contributed by atoms with Crippen LogP contribution in [0, 0.1) is 23.7 Å². The van der Waals surface area contributed by atoms with Crippen molar-refractivity contribution in [2.45, 2.75) is 95.5 Å². The van der Waals surface area contributed by atoms with Gasteiger partial charge in [0.1, 0.15) is 0 Å². The Balaban J connectivity index is 1.29. The maximum atomic E-state index is 14.2. The van der Waals surface area contributed by atoms with E-state index in [4.69, 9.17) is 0 Å². The van der Waals surface area contributed by atoms with Gasteiger partial charge in [0.05, 0.1) is 4.90 Å². The van der Waals surface area contributed by atoms with Crippen LogP contribution < -0.4 is 5.32 Å². The van der Waals surface area contributed by atoms with E-state index in [0.717, 1.165) is 36.8 Å². The van der Waals surface area contributed by atoms with Crippen LogP contribution in [0.15, 0.2) is 47.4 Å². The van der Waals surface area contributed by atoms with Gasteiger partial charge in [0.15, 0.2) is 5.60 Å². The minimum atomic E-state index is -3.65. The standard InChI is InChI=1S/C34H48N2O4S/c1-21(2)24-16-27(22(3)4)32(28(17-24)23(5)6)41(39,40)36-19-30-29(31(30)20-36)18-35-33(37)34(38,26-14-10-11-15-26)25-12-8-7-9-13-25/h7-9,12-13,16-17,21-23,26,29-31,38H,10-11,14-15,18-20H2,1-6H3,(H,35,37)/t29?,30-,31+,34?. The van der Waals surface area contributed by atoms with Crippen molar-refractivity contribution in [1.82, 2.24) is 9.62 Å². The van der Waals surface area contributed by atoms with Crippen LogP contribution in [-0.4, -0.2) is 43.4 Å². The predicted molar refractivity (Wildman–Crippen MR) is 163 cm³/mol. The van der Waals surface area contributed by atoms with Gasteiger partial charge in [-0.1, -0.05) is 96.8 Å². The molecule has 2 unspecified atom stereocenters. The smallest absolute Gasteiger partial charge is 0.256 e. The molecule has 2 aromatic carbocycles. The Bertz CT molecular complexity index is 1320. The summed E-state index contributed by atoms with van der Waals surface area (Å²) in [5.41, 5.74) is 2.14. The van der Waals surface area contributed by atoms with Gasteiger partial charge in [0.2, 0.25) is 10.0 Å². The minimum Gasteiger partial charge on any atom is -0.375 e. The van der Waals surface area contributed by atoms with Crippen LogP contribution in [0.25, 0.3) is 0 Å². The molecule has 224 valence electrons. The number of benzene rings is 2. The lowest BCUT2D eigenvalue weighted by molar-refractivity contribution is -0.147. The number of sulfonamides is 1. The molecule has 7 heteroatoms. The SMILES string of the molecule is CC(C)c1cc(C(C)C)c(S(=O)(=O)N2C[C@@H]3C(CNC(=O)C(O)(c4ccccc4)C4CCCC4)[C@@H]3C2)c(C(C)C)c1. The van der Waals surface area contributed by atoms with Crippen LogP contribution in [0.1, 0.15) is 107 Å². The molecule has 1 saturated heterocycles. The summed E-state index contributed by atoms with van der Waals surface area (Å²) in [7, 11) is -3.65. The molecule has 41 heavy (non-hydrogen) atoms. The van der Waals surface area contributed by atoms with Gasteiger partial charge in [-0.25, -0.2) is 8.42 Å². The first-order chi connectivity index (χ1) is 19.4. The zero-order valence-electron chi connectivity index (χ0n) is 25.6. The Labute approximate surface area is 247 Å². The third-order valence-corrected chi connectivity index (χ3v) is 12.0. The lowest BCUT2D eigenvalue weighted by Crippen LogP contribution is -2.49. The molecule has 2 aliphatic carbocycles. The normalized spacial score (nSPS) is 24.7. The highest BCUT2D eigenvalue weighted by Crippen LogP contribution is 2.53. The van der Waals surface area contributed by atoms with Crippen LogP contribution in [0.4, 0.5) is 0 Å². The van der Waals surface area contributed by atoms with Crippen LogP contribution in [-0.2, 0) is 20.4 Å². The largest absolute Gasteiger partial charge is 0.375 e. The number of piperidine rings is 1. The number of aliphatic hydroxyl groups is 1. The van der Waals surface area contributed by atoms with Crippen molar-refractivity contribution in [3.63, 3.8) is 0 Å². The van der Waals surface area contributed by atoms with Gasteiger partial charge in [-0.15, -0.1) is 0 Å². The number of carbonyl (C=O) groups is 1. The van der Waals surface area contributed by atoms with Crippen LogP contribution in [0.3, 0.4) is 0 Å². The summed E-state index contributed by atoms with van der Waals surface area (Å²) in [4.78, 5) is 14.0. The van der Waals surface area contributed by atoms with E-state index in [9.17, 15) is 18.3 Å². The number of rotatable bonds is 10. The lowest BCUT2D eigenvalue weighted by atomic mass is 9.79. The van der Waals surface area contributed by atoms with E-state index in [0.29, 0.717) is 36.0 Å². The fraction of sp³-hybridized carbons (Fsp3) is 0.618. The van der Waals surface area contributed by atoms with E-state index in [-0.39, 0.29) is 41.4 Å². The van der Waals surface area contributed by atoms with Crippen LogP contribution in [0.5, 0.6) is 0 Å². The van der Waals surface area contributed by atoms with Crippen molar-refractivity contribution in [3.8, 4) is 0 Å². The van der Waals surface area contributed by atoms with Gasteiger partial charge in [-0.05, 0) is 70.6 Å². The van der Waals surface area contributed by atoms with Crippen LogP contribution in [0.2, 0.25) is 0 Å². The van der Waals surface area contributed by atoms with Gasteiger partial charge < -0.3 is 10.4 Å². The molecule has 0 aromatic heterocycles. The second-order valence-corrected chi connectivity index (χ2v) is 15.5. The molecule has 3 fully saturated rings. The second kappa shape index (κ2) is 11.5. The molecule has 2 saturated carbocycles. The summed E-state index contributed by atoms with van der Waals surface area (Å²) in [6, 6.07) is 13.5. The summed E-state index contributed by atoms with van der Waals surface area (Å²) in [6.45, 7) is 14.0. The average molecular weight is 581 g/mol. The average Bonchev–Trinajstić information content (AvgIpc) is 3.32. The molecule has 1 amide bonds. The van der Waals surface area contributed by atoms with Crippen LogP contribution >= 0.6 is 0 Å². The number of amides is 1. The van der Waals surface area contributed by atoms with E-state index in [2.05, 4.69) is 59.0 Å². The molecule has 0 spiro atoms. The highest BCUT2D eigenvalue weighted by Gasteiger charge is 2.58. The van der Waals surface area contributed by atoms with E-state index in [1.54, 1.807) is 4.31 Å². The Morgan fingerprint density at radius 1 is 0.927 bits per heavy atom. The summed E-state index contributed by atoms with van der Waals surface area (Å²) >= 11 is 0. The summed E-state index contributed by atoms with van der Waals surface area (Å²) < 4.78 is 30.0. The molecule has 1 heterocycles. The molecule has 6 nitrogen and oxygen atoms in total. The first-order valence-corrected chi connectivity index (χ1v) is 17.0. The molecule has 0 bridgehead atoms. The van der Waals surface area contributed by atoms with Crippen molar-refractivity contribution in [1.29, 1.82) is 0 Å². The second-order valence-electron chi connectivity index (χ2n) is 13.6. The first kappa shape index (κ1) is 30.2. The highest BCUT2D eigenvalue weighted by atomic mass is 32.2. The Morgan fingerprint density at radius 2 is 1.46 bits per heavy atom. The maximum absolute atomic E-state index is 14.2. The number of hydrogen-bond acceptors (Lipinski definition) is 4. The molecule has 1 aliphatic heterocycles. The molecule has 2 N–H and O–H groups in total. The molecule has 2 aromatic rings. The van der Waals surface area contributed by atoms with Crippen molar-refractivity contribution < 1.29 is 18.3 Å². The minimum absolute atomic E-state index is 0.0865. The van der Waals surface area contributed by atoms with Crippen molar-refractivity contribution in [2.24, 2.45) is 23.7 Å². The quantitative estimate of drug-likeness (QED) is 0.355. The van der Waals surface area contributed by atoms with Crippen molar-refractivity contribution in [2.75, 3.05) is 19.6 Å². The van der Waals surface area contributed by atoms with Gasteiger partial charge in [0, 0.05) is 25.6 Å². The zero-order chi connectivity index (χ0) is 29.7. The number of hydrogen-bond donors (Lipinski definition) is 2. The van der Waals surface area contributed by atoms with E-state index in [1.807, 2.05) is 30.3 Å². The Morgan fingerprint density at radius 3 is 1.95 bits per heavy atom. The summed E-state index contributed by atoms with van der Waals surface area (Å²) in [5.74, 6) is 0.827. The summed E-state index contributed by atoms with van der Waals surface area (Å²) in [6.07, 6.45) is 3.74.